The number of halogens is 1. The fourth-order valence-electron chi connectivity index (χ4n) is 5.16. The lowest BCUT2D eigenvalue weighted by molar-refractivity contribution is -0.117. The molecule has 2 aromatic carbocycles. The van der Waals surface area contributed by atoms with E-state index in [1.54, 1.807) is 23.1 Å². The average molecular weight is 550 g/mol. The Morgan fingerprint density at radius 3 is 2.30 bits per heavy atom. The van der Waals surface area contributed by atoms with E-state index >= 15 is 0 Å². The molecule has 1 aliphatic rings. The summed E-state index contributed by atoms with van der Waals surface area (Å²) >= 11 is 0. The van der Waals surface area contributed by atoms with Crippen molar-refractivity contribution in [2.45, 2.75) is 46.6 Å². The van der Waals surface area contributed by atoms with Crippen molar-refractivity contribution >= 4 is 17.6 Å². The van der Waals surface area contributed by atoms with Crippen molar-refractivity contribution < 1.29 is 28.6 Å². The quantitative estimate of drug-likeness (QED) is 0.264. The number of carbonyl (C=O) groups is 2. The predicted molar refractivity (Wildman–Crippen MR) is 151 cm³/mol. The Hall–Kier alpha value is -3.98. The molecule has 1 aromatic heterocycles. The maximum atomic E-state index is 13.6. The molecule has 3 aromatic rings. The summed E-state index contributed by atoms with van der Waals surface area (Å²) < 4.78 is 25.5. The number of hydrogen-bond acceptors (Lipinski definition) is 6. The van der Waals surface area contributed by atoms with E-state index in [1.165, 1.54) is 24.4 Å². The minimum atomic E-state index is -1.10. The SMILES string of the molecule is CCOc1cc(CNCCC2(CC)CC(=O)N(c3ccc(C(=O)O)nc3)C2)cc(OCC)c1-c1ccc(F)cc1. The molecule has 40 heavy (non-hydrogen) atoms. The molecule has 9 heteroatoms. The largest absolute Gasteiger partial charge is 0.493 e. The number of carboxylic acid groups (broad SMARTS) is 1. The topological polar surface area (TPSA) is 101 Å². The van der Waals surface area contributed by atoms with E-state index < -0.39 is 5.97 Å². The van der Waals surface area contributed by atoms with Crippen molar-refractivity contribution in [1.29, 1.82) is 0 Å². The number of anilines is 1. The van der Waals surface area contributed by atoms with Crippen LogP contribution in [-0.4, -0.2) is 48.3 Å². The minimum Gasteiger partial charge on any atom is -0.493 e. The minimum absolute atomic E-state index is 0.0193. The van der Waals surface area contributed by atoms with Crippen molar-refractivity contribution in [3.05, 3.63) is 71.8 Å². The van der Waals surface area contributed by atoms with Gasteiger partial charge in [-0.15, -0.1) is 0 Å². The van der Waals surface area contributed by atoms with Crippen molar-refractivity contribution in [2.75, 3.05) is 31.2 Å². The van der Waals surface area contributed by atoms with Crippen LogP contribution in [0.4, 0.5) is 10.1 Å². The normalized spacial score (nSPS) is 16.8. The number of ether oxygens (including phenoxy) is 2. The van der Waals surface area contributed by atoms with Gasteiger partial charge in [-0.05, 0) is 86.2 Å². The van der Waals surface area contributed by atoms with Gasteiger partial charge in [0, 0.05) is 19.5 Å². The molecule has 0 radical (unpaired) electrons. The first-order valence-corrected chi connectivity index (χ1v) is 13.7. The van der Waals surface area contributed by atoms with Gasteiger partial charge in [0.1, 0.15) is 23.0 Å². The number of rotatable bonds is 13. The van der Waals surface area contributed by atoms with Gasteiger partial charge in [0.25, 0.3) is 0 Å². The number of nitrogens with zero attached hydrogens (tertiary/aromatic N) is 2. The third-order valence-electron chi connectivity index (χ3n) is 7.37. The summed E-state index contributed by atoms with van der Waals surface area (Å²) in [6.45, 7) is 8.76. The van der Waals surface area contributed by atoms with Gasteiger partial charge in [-0.25, -0.2) is 14.2 Å². The molecule has 0 spiro atoms. The van der Waals surface area contributed by atoms with Gasteiger partial charge in [-0.3, -0.25) is 4.79 Å². The van der Waals surface area contributed by atoms with Gasteiger partial charge in [-0.2, -0.15) is 0 Å². The Balaban J connectivity index is 1.44. The number of hydrogen-bond donors (Lipinski definition) is 2. The number of pyridine rings is 1. The fraction of sp³-hybridized carbons (Fsp3) is 0.387. The number of benzene rings is 2. The maximum absolute atomic E-state index is 13.6. The predicted octanol–water partition coefficient (Wildman–Crippen LogP) is 5.70. The Morgan fingerprint density at radius 2 is 1.75 bits per heavy atom. The molecule has 2 heterocycles. The zero-order valence-corrected chi connectivity index (χ0v) is 23.2. The molecule has 2 N–H and O–H groups in total. The van der Waals surface area contributed by atoms with Gasteiger partial charge in [0.2, 0.25) is 5.91 Å². The van der Waals surface area contributed by atoms with Crippen molar-refractivity contribution in [2.24, 2.45) is 5.41 Å². The van der Waals surface area contributed by atoms with Crippen LogP contribution in [0.5, 0.6) is 11.5 Å². The molecule has 1 aliphatic heterocycles. The second-order valence-electron chi connectivity index (χ2n) is 9.98. The highest BCUT2D eigenvalue weighted by Gasteiger charge is 2.42. The number of carbonyl (C=O) groups excluding carboxylic acids is 1. The van der Waals surface area contributed by atoms with Crippen LogP contribution < -0.4 is 19.7 Å². The number of aromatic nitrogens is 1. The summed E-state index contributed by atoms with van der Waals surface area (Å²) in [6.07, 6.45) is 3.53. The van der Waals surface area contributed by atoms with E-state index in [1.807, 2.05) is 26.0 Å². The average Bonchev–Trinajstić information content (AvgIpc) is 3.29. The molecule has 0 bridgehead atoms. The van der Waals surface area contributed by atoms with Gasteiger partial charge in [0.05, 0.1) is 30.7 Å². The van der Waals surface area contributed by atoms with E-state index in [9.17, 15) is 14.0 Å². The first-order valence-electron chi connectivity index (χ1n) is 13.7. The van der Waals surface area contributed by atoms with Crippen LogP contribution in [0.15, 0.2) is 54.7 Å². The molecule has 1 amide bonds. The Kier molecular flexibility index (Phi) is 9.37. The molecule has 0 aliphatic carbocycles. The van der Waals surface area contributed by atoms with Crippen molar-refractivity contribution in [1.82, 2.24) is 10.3 Å². The van der Waals surface area contributed by atoms with Crippen LogP contribution in [0.1, 0.15) is 56.1 Å². The van der Waals surface area contributed by atoms with Crippen molar-refractivity contribution in [3.63, 3.8) is 0 Å². The first kappa shape index (κ1) is 29.0. The second kappa shape index (κ2) is 12.9. The van der Waals surface area contributed by atoms with Crippen LogP contribution in [0.2, 0.25) is 0 Å². The van der Waals surface area contributed by atoms with Crippen LogP contribution in [0.25, 0.3) is 11.1 Å². The van der Waals surface area contributed by atoms with Gasteiger partial charge < -0.3 is 24.8 Å². The van der Waals surface area contributed by atoms with Crippen molar-refractivity contribution in [3.8, 4) is 22.6 Å². The lowest BCUT2D eigenvalue weighted by Crippen LogP contribution is -2.31. The number of carboxylic acids is 1. The van der Waals surface area contributed by atoms with E-state index in [-0.39, 0.29) is 22.8 Å². The van der Waals surface area contributed by atoms with Crippen LogP contribution in [-0.2, 0) is 11.3 Å². The highest BCUT2D eigenvalue weighted by molar-refractivity contribution is 5.96. The summed E-state index contributed by atoms with van der Waals surface area (Å²) in [5, 5.41) is 12.6. The smallest absolute Gasteiger partial charge is 0.354 e. The van der Waals surface area contributed by atoms with E-state index in [2.05, 4.69) is 17.2 Å². The van der Waals surface area contributed by atoms with Gasteiger partial charge in [-0.1, -0.05) is 19.1 Å². The lowest BCUT2D eigenvalue weighted by atomic mass is 9.81. The van der Waals surface area contributed by atoms with Crippen LogP contribution in [0.3, 0.4) is 0 Å². The number of nitrogens with one attached hydrogen (secondary N) is 1. The monoisotopic (exact) mass is 549 g/mol. The number of aromatic carboxylic acids is 1. The molecule has 212 valence electrons. The summed E-state index contributed by atoms with van der Waals surface area (Å²) in [5.74, 6) is -0.0148. The zero-order chi connectivity index (χ0) is 28.7. The zero-order valence-electron chi connectivity index (χ0n) is 23.2. The highest BCUT2D eigenvalue weighted by atomic mass is 19.1. The van der Waals surface area contributed by atoms with E-state index in [0.29, 0.717) is 56.5 Å². The molecule has 1 unspecified atom stereocenters. The lowest BCUT2D eigenvalue weighted by Gasteiger charge is -2.27. The first-order chi connectivity index (χ1) is 19.3. The molecule has 1 atom stereocenters. The van der Waals surface area contributed by atoms with E-state index in [0.717, 1.165) is 29.5 Å². The standard InChI is InChI=1S/C31H36FN3O5/c1-4-31(17-28(36)35(20-31)24-11-12-25(30(37)38)34-19-24)13-14-33-18-21-15-26(39-5-2)29(27(16-21)40-6-3)22-7-9-23(32)10-8-22/h7-12,15-16,19,33H,4-6,13-14,17-18,20H2,1-3H3,(H,37,38). The molecule has 0 saturated carbocycles. The Labute approximate surface area is 234 Å². The summed E-state index contributed by atoms with van der Waals surface area (Å²) in [4.78, 5) is 29.7. The number of amides is 1. The summed E-state index contributed by atoms with van der Waals surface area (Å²) in [6, 6.07) is 13.3. The summed E-state index contributed by atoms with van der Waals surface area (Å²) in [7, 11) is 0. The molecule has 4 rings (SSSR count). The molecule has 1 fully saturated rings. The molecule has 1 saturated heterocycles. The molecular formula is C31H36FN3O5. The van der Waals surface area contributed by atoms with Gasteiger partial charge in [0.15, 0.2) is 0 Å². The molecule has 8 nitrogen and oxygen atoms in total. The Morgan fingerprint density at radius 1 is 1.07 bits per heavy atom. The Bertz CT molecular complexity index is 1300. The second-order valence-corrected chi connectivity index (χ2v) is 9.98. The van der Waals surface area contributed by atoms with E-state index in [4.69, 9.17) is 14.6 Å². The molecular weight excluding hydrogens is 513 g/mol. The highest BCUT2D eigenvalue weighted by Crippen LogP contribution is 2.41. The van der Waals surface area contributed by atoms with Gasteiger partial charge >= 0.3 is 5.97 Å². The van der Waals surface area contributed by atoms with Crippen LogP contribution >= 0.6 is 0 Å². The third kappa shape index (κ3) is 6.59. The third-order valence-corrected chi connectivity index (χ3v) is 7.37. The maximum Gasteiger partial charge on any atom is 0.354 e. The van der Waals surface area contributed by atoms with Crippen LogP contribution in [0, 0.1) is 11.2 Å². The fourth-order valence-corrected chi connectivity index (χ4v) is 5.16. The summed E-state index contributed by atoms with van der Waals surface area (Å²) in [5.41, 5.74) is 3.00.